The summed E-state index contributed by atoms with van der Waals surface area (Å²) < 4.78 is 13.1. The van der Waals surface area contributed by atoms with E-state index in [0.29, 0.717) is 17.8 Å². The minimum Gasteiger partial charge on any atom is -0.460 e. The van der Waals surface area contributed by atoms with E-state index in [0.717, 1.165) is 70.8 Å². The number of para-hydroxylation sites is 1. The van der Waals surface area contributed by atoms with Crippen molar-refractivity contribution in [1.29, 1.82) is 0 Å². The molecule has 1 fully saturated rings. The van der Waals surface area contributed by atoms with Gasteiger partial charge in [-0.05, 0) is 148 Å². The van der Waals surface area contributed by atoms with Crippen LogP contribution in [0.25, 0.3) is 55.7 Å². The minimum atomic E-state index is -0.650. The second-order valence-electron chi connectivity index (χ2n) is 19.8. The molecule has 6 aliphatic rings. The first-order valence-corrected chi connectivity index (χ1v) is 24.9. The van der Waals surface area contributed by atoms with E-state index in [9.17, 15) is 0 Å². The van der Waals surface area contributed by atoms with Gasteiger partial charge in [0, 0.05) is 51.1 Å². The van der Waals surface area contributed by atoms with E-state index in [-0.39, 0.29) is 0 Å². The highest BCUT2D eigenvalue weighted by molar-refractivity contribution is 6.06. The molecule has 2 heterocycles. The third-order valence-corrected chi connectivity index (χ3v) is 15.8. The van der Waals surface area contributed by atoms with Crippen molar-refractivity contribution in [1.82, 2.24) is 0 Å². The molecule has 0 aliphatic heterocycles. The van der Waals surface area contributed by atoms with Crippen LogP contribution in [-0.4, -0.2) is 0 Å². The van der Waals surface area contributed by atoms with E-state index in [1.54, 1.807) is 0 Å². The second-order valence-corrected chi connectivity index (χ2v) is 19.8. The fraction of sp³-hybridized carbons (Fsp3) is 0.152. The maximum atomic E-state index is 6.62. The van der Waals surface area contributed by atoms with Gasteiger partial charge in [-0.2, -0.15) is 0 Å². The lowest BCUT2D eigenvalue weighted by Crippen LogP contribution is -2.31. The molecule has 0 amide bonds. The summed E-state index contributed by atoms with van der Waals surface area (Å²) in [4.78, 5) is 2.60. The van der Waals surface area contributed by atoms with Gasteiger partial charge in [-0.15, -0.1) is 0 Å². The number of rotatable bonds is 7. The van der Waals surface area contributed by atoms with Crippen LogP contribution in [-0.2, 0) is 11.8 Å². The Morgan fingerprint density at radius 1 is 0.580 bits per heavy atom. The zero-order chi connectivity index (χ0) is 45.6. The van der Waals surface area contributed by atoms with Crippen molar-refractivity contribution in [2.45, 2.75) is 44.4 Å². The molecule has 0 N–H and O–H groups in total. The van der Waals surface area contributed by atoms with Crippen molar-refractivity contribution < 1.29 is 8.83 Å². The van der Waals surface area contributed by atoms with Gasteiger partial charge in [-0.3, -0.25) is 0 Å². The number of hydrogen-bond donors (Lipinski definition) is 0. The summed E-state index contributed by atoms with van der Waals surface area (Å²) in [6, 6.07) is 52.0. The lowest BCUT2D eigenvalue weighted by atomic mass is 9.65. The molecule has 1 saturated carbocycles. The summed E-state index contributed by atoms with van der Waals surface area (Å²) >= 11 is 0. The summed E-state index contributed by atoms with van der Waals surface area (Å²) in [5.74, 6) is 2.41. The fourth-order valence-corrected chi connectivity index (χ4v) is 12.3. The fourth-order valence-electron chi connectivity index (χ4n) is 12.3. The zero-order valence-corrected chi connectivity index (χ0v) is 38.7. The second kappa shape index (κ2) is 15.9. The first kappa shape index (κ1) is 40.2. The monoisotopic (exact) mass is 889 g/mol. The third-order valence-electron chi connectivity index (χ3n) is 15.8. The molecule has 6 aromatic carbocycles. The van der Waals surface area contributed by atoms with Gasteiger partial charge in [-0.1, -0.05) is 165 Å². The normalized spacial score (nSPS) is 22.2. The lowest BCUT2D eigenvalue weighted by molar-refractivity contribution is 0.564. The van der Waals surface area contributed by atoms with Crippen molar-refractivity contribution in [3.8, 4) is 0 Å². The van der Waals surface area contributed by atoms with Crippen LogP contribution in [0.1, 0.15) is 77.3 Å². The molecule has 2 aromatic heterocycles. The molecule has 8 aromatic rings. The molecule has 6 aliphatic carbocycles. The van der Waals surface area contributed by atoms with Crippen LogP contribution in [0, 0.1) is 17.8 Å². The number of nitrogens with zero attached hydrogens (tertiary/aromatic N) is 1. The van der Waals surface area contributed by atoms with Crippen molar-refractivity contribution in [3.63, 3.8) is 0 Å². The molecule has 3 heteroatoms. The Labute approximate surface area is 403 Å². The van der Waals surface area contributed by atoms with Crippen molar-refractivity contribution in [2.75, 3.05) is 4.90 Å². The average molecular weight is 890 g/mol. The van der Waals surface area contributed by atoms with Gasteiger partial charge in [0.05, 0.1) is 5.41 Å². The number of anilines is 1. The van der Waals surface area contributed by atoms with Gasteiger partial charge >= 0.3 is 0 Å². The summed E-state index contributed by atoms with van der Waals surface area (Å²) in [6.07, 6.45) is 32.8. The van der Waals surface area contributed by atoms with E-state index in [1.165, 1.54) is 78.3 Å². The van der Waals surface area contributed by atoms with Crippen molar-refractivity contribution in [2.24, 2.45) is 17.8 Å². The minimum absolute atomic E-state index is 0.366. The Kier molecular flexibility index (Phi) is 9.24. The molecule has 3 unspecified atom stereocenters. The summed E-state index contributed by atoms with van der Waals surface area (Å²) in [6.45, 7) is 2.34. The molecule has 3 nitrogen and oxygen atoms in total. The van der Waals surface area contributed by atoms with Crippen molar-refractivity contribution >= 4 is 61.4 Å². The predicted molar refractivity (Wildman–Crippen MR) is 285 cm³/mol. The van der Waals surface area contributed by atoms with Gasteiger partial charge in [-0.25, -0.2) is 0 Å². The Morgan fingerprint density at radius 3 is 2.22 bits per heavy atom. The summed E-state index contributed by atoms with van der Waals surface area (Å²) in [5, 5.41) is 3.42. The quantitative estimate of drug-likeness (QED) is 0.160. The highest BCUT2D eigenvalue weighted by Gasteiger charge is 2.57. The van der Waals surface area contributed by atoms with Crippen LogP contribution >= 0.6 is 0 Å². The molecule has 0 bridgehead atoms. The van der Waals surface area contributed by atoms with Crippen molar-refractivity contribution in [3.05, 3.63) is 268 Å². The Morgan fingerprint density at radius 2 is 1.33 bits per heavy atom. The van der Waals surface area contributed by atoms with E-state index < -0.39 is 5.41 Å². The summed E-state index contributed by atoms with van der Waals surface area (Å²) in [7, 11) is 0. The van der Waals surface area contributed by atoms with Gasteiger partial charge < -0.3 is 13.7 Å². The van der Waals surface area contributed by atoms with Crippen LogP contribution in [0.15, 0.2) is 232 Å². The topological polar surface area (TPSA) is 29.5 Å². The summed E-state index contributed by atoms with van der Waals surface area (Å²) in [5.41, 5.74) is 20.1. The van der Waals surface area contributed by atoms with Gasteiger partial charge in [0.1, 0.15) is 22.5 Å². The number of hydrogen-bond acceptors (Lipinski definition) is 3. The zero-order valence-electron chi connectivity index (χ0n) is 38.7. The predicted octanol–water partition coefficient (Wildman–Crippen LogP) is 16.9. The largest absolute Gasteiger partial charge is 0.460 e. The number of fused-ring (bicyclic) bond motifs is 10. The smallest absolute Gasteiger partial charge is 0.135 e. The molecule has 0 saturated heterocycles. The molecule has 332 valence electrons. The van der Waals surface area contributed by atoms with Crippen LogP contribution < -0.4 is 4.90 Å². The van der Waals surface area contributed by atoms with Gasteiger partial charge in [0.2, 0.25) is 0 Å². The lowest BCUT2D eigenvalue weighted by Gasteiger charge is -2.37. The molecular formula is C66H51NO2. The van der Waals surface area contributed by atoms with E-state index >= 15 is 0 Å². The Balaban J connectivity index is 1.00. The first-order chi connectivity index (χ1) is 34.1. The van der Waals surface area contributed by atoms with Crippen LogP contribution in [0.2, 0.25) is 0 Å². The third kappa shape index (κ3) is 6.40. The van der Waals surface area contributed by atoms with Crippen LogP contribution in [0.3, 0.4) is 0 Å². The number of allylic oxidation sites excluding steroid dienone is 16. The van der Waals surface area contributed by atoms with Gasteiger partial charge in [0.15, 0.2) is 0 Å². The van der Waals surface area contributed by atoms with E-state index in [1.807, 2.05) is 0 Å². The molecule has 14 rings (SSSR count). The van der Waals surface area contributed by atoms with Crippen LogP contribution in [0.5, 0.6) is 0 Å². The standard InChI is InChI=1S/C66H51NO2/c1-42-14-12-17-44(27-26-42)46-29-34-50(35-30-46)67(49-19-13-18-45(28-33-49)43-15-4-2-5-16-43)60-41-59-65(57-40-54(57)60)53-22-8-10-23-58(53)66(59,48-32-37-64-56(39-48)52-21-9-11-25-62(52)69-64)47-31-36-63-55(38-47)51-20-6-3-7-24-61(51)68-63/h2-12,15-23,25,27-39,41-42,54,57H,13-14,24,26,40H2,1H3/t42?,54?,57-,66?/m0/s1. The van der Waals surface area contributed by atoms with Gasteiger partial charge in [0.25, 0.3) is 0 Å². The van der Waals surface area contributed by atoms with E-state index in [4.69, 9.17) is 8.83 Å². The Bertz CT molecular complexity index is 3720. The number of benzene rings is 6. The first-order valence-electron chi connectivity index (χ1n) is 24.9. The highest BCUT2D eigenvalue weighted by Crippen LogP contribution is 2.67. The number of furan rings is 2. The maximum absolute atomic E-state index is 6.62. The SMILES string of the molecule is CC1CC=CC(c2ccc(N(C3=CCC=C(c4ccccc4)C=C3)C3=CC4=C(c5ccccc5C4(c4ccc5oc6c(c5c4)C=CC=CC6)c4ccc5oc6ccccc6c5c4)[C@H]4CC34)cc2)=CC1. The Hall–Kier alpha value is -7.88. The van der Waals surface area contributed by atoms with E-state index in [2.05, 4.69) is 224 Å². The molecular weight excluding hydrogens is 839 g/mol. The maximum Gasteiger partial charge on any atom is 0.135 e. The average Bonchev–Trinajstić information content (AvgIpc) is 4.10. The molecule has 0 radical (unpaired) electrons. The van der Waals surface area contributed by atoms with Crippen LogP contribution in [0.4, 0.5) is 5.69 Å². The highest BCUT2D eigenvalue weighted by atomic mass is 16.3. The molecule has 4 atom stereocenters. The molecule has 0 spiro atoms. The molecule has 69 heavy (non-hydrogen) atoms.